The van der Waals surface area contributed by atoms with Gasteiger partial charge < -0.3 is 10.6 Å². The van der Waals surface area contributed by atoms with Crippen LogP contribution in [0.5, 0.6) is 0 Å². The van der Waals surface area contributed by atoms with Gasteiger partial charge in [0.1, 0.15) is 0 Å². The number of Topliss-reactive ketones (excluding diaryl/α,β-unsaturated/α-hetero) is 1. The summed E-state index contributed by atoms with van der Waals surface area (Å²) in [6.45, 7) is 5.08. The van der Waals surface area contributed by atoms with Crippen molar-refractivity contribution >= 4 is 34.2 Å². The third-order valence-electron chi connectivity index (χ3n) is 5.70. The van der Waals surface area contributed by atoms with Crippen LogP contribution in [0, 0.1) is 10.8 Å². The Hall–Kier alpha value is -2.40. The lowest BCUT2D eigenvalue weighted by molar-refractivity contribution is -0.125. The van der Waals surface area contributed by atoms with Crippen LogP contribution in [-0.2, 0) is 4.79 Å². The molecule has 0 unspecified atom stereocenters. The number of pyridine rings is 1. The maximum Gasteiger partial charge on any atom is 0.255 e. The molecule has 0 radical (unpaired) electrons. The van der Waals surface area contributed by atoms with Gasteiger partial charge in [-0.3, -0.25) is 14.6 Å². The van der Waals surface area contributed by atoms with E-state index in [2.05, 4.69) is 4.98 Å². The van der Waals surface area contributed by atoms with Crippen LogP contribution in [0.4, 0.5) is 0 Å². The number of hydrogen-bond acceptors (Lipinski definition) is 4. The van der Waals surface area contributed by atoms with Crippen molar-refractivity contribution in [1.29, 1.82) is 0 Å². The molecule has 2 heterocycles. The maximum absolute atomic E-state index is 13.0. The SMILES string of the molecule is CC1(C)C[C@@]2(C=C(N)C1=O)CCN(C(=O)c1cnc3cc(Cl)ccc3c1)C2. The van der Waals surface area contributed by atoms with Crippen molar-refractivity contribution < 1.29 is 9.59 Å². The van der Waals surface area contributed by atoms with Gasteiger partial charge in [-0.05, 0) is 37.1 Å². The number of halogens is 1. The molecule has 1 aliphatic heterocycles. The molecule has 2 aromatic rings. The molecule has 1 aromatic heterocycles. The number of ketones is 1. The highest BCUT2D eigenvalue weighted by molar-refractivity contribution is 6.31. The van der Waals surface area contributed by atoms with E-state index in [-0.39, 0.29) is 17.1 Å². The minimum Gasteiger partial charge on any atom is -0.396 e. The molecule has 2 aliphatic rings. The zero-order valence-corrected chi connectivity index (χ0v) is 16.2. The van der Waals surface area contributed by atoms with Gasteiger partial charge >= 0.3 is 0 Å². The topological polar surface area (TPSA) is 76.3 Å². The normalized spacial score (nSPS) is 24.5. The van der Waals surface area contributed by atoms with E-state index in [1.807, 2.05) is 37.0 Å². The fourth-order valence-corrected chi connectivity index (χ4v) is 4.69. The number of likely N-dealkylation sites (tertiary alicyclic amines) is 1. The Bertz CT molecular complexity index is 998. The number of rotatable bonds is 1. The molecule has 1 amide bonds. The summed E-state index contributed by atoms with van der Waals surface area (Å²) in [6, 6.07) is 7.29. The monoisotopic (exact) mass is 383 g/mol. The van der Waals surface area contributed by atoms with Gasteiger partial charge in [-0.15, -0.1) is 0 Å². The van der Waals surface area contributed by atoms with E-state index in [1.54, 1.807) is 18.3 Å². The smallest absolute Gasteiger partial charge is 0.255 e. The van der Waals surface area contributed by atoms with Crippen LogP contribution >= 0.6 is 11.6 Å². The summed E-state index contributed by atoms with van der Waals surface area (Å²) in [5, 5.41) is 1.50. The molecule has 140 valence electrons. The van der Waals surface area contributed by atoms with E-state index in [0.717, 1.165) is 17.3 Å². The Balaban J connectivity index is 1.60. The number of nitrogens with zero attached hydrogens (tertiary/aromatic N) is 2. The molecule has 1 saturated heterocycles. The van der Waals surface area contributed by atoms with Crippen LogP contribution in [0.3, 0.4) is 0 Å². The number of nitrogens with two attached hydrogens (primary N) is 1. The van der Waals surface area contributed by atoms with E-state index < -0.39 is 5.41 Å². The van der Waals surface area contributed by atoms with Gasteiger partial charge in [0.2, 0.25) is 0 Å². The lowest BCUT2D eigenvalue weighted by Crippen LogP contribution is -2.42. The molecule has 4 rings (SSSR count). The lowest BCUT2D eigenvalue weighted by atomic mass is 9.65. The molecule has 0 saturated carbocycles. The van der Waals surface area contributed by atoms with Crippen molar-refractivity contribution in [3.05, 3.63) is 52.8 Å². The summed E-state index contributed by atoms with van der Waals surface area (Å²) in [4.78, 5) is 31.5. The highest BCUT2D eigenvalue weighted by Crippen LogP contribution is 2.47. The zero-order valence-electron chi connectivity index (χ0n) is 15.5. The number of hydrogen-bond donors (Lipinski definition) is 1. The number of aromatic nitrogens is 1. The van der Waals surface area contributed by atoms with Crippen LogP contribution in [0.15, 0.2) is 42.2 Å². The first-order chi connectivity index (χ1) is 12.7. The third-order valence-corrected chi connectivity index (χ3v) is 5.93. The predicted octanol–water partition coefficient (Wildman–Crippen LogP) is 3.56. The first-order valence-electron chi connectivity index (χ1n) is 9.07. The Labute approximate surface area is 163 Å². The van der Waals surface area contributed by atoms with Gasteiger partial charge in [0.15, 0.2) is 5.78 Å². The molecule has 0 bridgehead atoms. The maximum atomic E-state index is 13.0. The van der Waals surface area contributed by atoms with Gasteiger partial charge in [-0.1, -0.05) is 31.5 Å². The average molecular weight is 384 g/mol. The van der Waals surface area contributed by atoms with Crippen LogP contribution < -0.4 is 5.73 Å². The van der Waals surface area contributed by atoms with E-state index >= 15 is 0 Å². The van der Waals surface area contributed by atoms with Gasteiger partial charge in [0, 0.05) is 40.5 Å². The molecule has 1 aromatic carbocycles. The first kappa shape index (κ1) is 18.0. The summed E-state index contributed by atoms with van der Waals surface area (Å²) < 4.78 is 0. The Morgan fingerprint density at radius 2 is 2.07 bits per heavy atom. The molecular formula is C21H22ClN3O2. The summed E-state index contributed by atoms with van der Waals surface area (Å²) in [7, 11) is 0. The first-order valence-corrected chi connectivity index (χ1v) is 9.45. The quantitative estimate of drug-likeness (QED) is 0.816. The van der Waals surface area contributed by atoms with Crippen molar-refractivity contribution in [2.75, 3.05) is 13.1 Å². The second-order valence-corrected chi connectivity index (χ2v) is 8.83. The minimum absolute atomic E-state index is 0.00436. The molecular weight excluding hydrogens is 362 g/mol. The van der Waals surface area contributed by atoms with Crippen molar-refractivity contribution in [2.24, 2.45) is 16.6 Å². The van der Waals surface area contributed by atoms with Crippen molar-refractivity contribution in [3.8, 4) is 0 Å². The number of carbonyl (C=O) groups excluding carboxylic acids is 2. The molecule has 27 heavy (non-hydrogen) atoms. The Morgan fingerprint density at radius 1 is 1.30 bits per heavy atom. The lowest BCUT2D eigenvalue weighted by Gasteiger charge is -2.39. The number of fused-ring (bicyclic) bond motifs is 1. The van der Waals surface area contributed by atoms with E-state index in [1.165, 1.54) is 0 Å². The van der Waals surface area contributed by atoms with Gasteiger partial charge in [0.25, 0.3) is 5.91 Å². The Kier molecular flexibility index (Phi) is 4.04. The average Bonchev–Trinajstić information content (AvgIpc) is 3.01. The summed E-state index contributed by atoms with van der Waals surface area (Å²) in [5.74, 6) is -0.0480. The van der Waals surface area contributed by atoms with Gasteiger partial charge in [0.05, 0.1) is 16.8 Å². The minimum atomic E-state index is -0.498. The zero-order chi connectivity index (χ0) is 19.4. The molecule has 1 aliphatic carbocycles. The third kappa shape index (κ3) is 3.10. The van der Waals surface area contributed by atoms with Gasteiger partial charge in [-0.25, -0.2) is 0 Å². The molecule has 1 fully saturated rings. The second kappa shape index (κ2) is 6.06. The molecule has 5 nitrogen and oxygen atoms in total. The second-order valence-electron chi connectivity index (χ2n) is 8.39. The van der Waals surface area contributed by atoms with Crippen LogP contribution in [0.25, 0.3) is 10.9 Å². The fraction of sp³-hybridized carbons (Fsp3) is 0.381. The van der Waals surface area contributed by atoms with Crippen molar-refractivity contribution in [2.45, 2.75) is 26.7 Å². The highest BCUT2D eigenvalue weighted by atomic mass is 35.5. The highest BCUT2D eigenvalue weighted by Gasteiger charge is 2.48. The molecule has 6 heteroatoms. The van der Waals surface area contributed by atoms with Gasteiger partial charge in [-0.2, -0.15) is 0 Å². The van der Waals surface area contributed by atoms with E-state index in [9.17, 15) is 9.59 Å². The molecule has 1 atom stereocenters. The summed E-state index contributed by atoms with van der Waals surface area (Å²) in [6.07, 6.45) is 5.00. The van der Waals surface area contributed by atoms with E-state index in [4.69, 9.17) is 17.3 Å². The molecule has 1 spiro atoms. The van der Waals surface area contributed by atoms with Crippen LogP contribution in [-0.4, -0.2) is 34.7 Å². The number of amides is 1. The molecule has 2 N–H and O–H groups in total. The van der Waals surface area contributed by atoms with E-state index in [0.29, 0.717) is 35.8 Å². The number of carbonyl (C=O) groups is 2. The number of benzene rings is 1. The largest absolute Gasteiger partial charge is 0.396 e. The predicted molar refractivity (Wildman–Crippen MR) is 105 cm³/mol. The fourth-order valence-electron chi connectivity index (χ4n) is 4.52. The number of allylic oxidation sites excluding steroid dienone is 1. The summed E-state index contributed by atoms with van der Waals surface area (Å²) >= 11 is 6.00. The van der Waals surface area contributed by atoms with Crippen LogP contribution in [0.1, 0.15) is 37.0 Å². The standard InChI is InChI=1S/C21H22ClN3O2/c1-20(2)11-21(9-16(23)18(20)26)5-6-25(12-21)19(27)14-7-13-3-4-15(22)8-17(13)24-10-14/h3-4,7-10H,5-6,11-12,23H2,1-2H3/t21-/m0/s1. The summed E-state index contributed by atoms with van der Waals surface area (Å²) in [5.41, 5.74) is 6.93. The van der Waals surface area contributed by atoms with Crippen molar-refractivity contribution in [3.63, 3.8) is 0 Å². The van der Waals surface area contributed by atoms with Crippen LogP contribution in [0.2, 0.25) is 5.02 Å². The Morgan fingerprint density at radius 3 is 2.81 bits per heavy atom. The van der Waals surface area contributed by atoms with Crippen molar-refractivity contribution in [1.82, 2.24) is 9.88 Å².